The molecule has 0 radical (unpaired) electrons. The van der Waals surface area contributed by atoms with E-state index in [0.29, 0.717) is 22.6 Å². The van der Waals surface area contributed by atoms with Crippen LogP contribution in [0.5, 0.6) is 11.5 Å². The van der Waals surface area contributed by atoms with Crippen LogP contribution in [-0.2, 0) is 4.79 Å². The van der Waals surface area contributed by atoms with Gasteiger partial charge in [-0.2, -0.15) is 5.26 Å². The summed E-state index contributed by atoms with van der Waals surface area (Å²) in [5.41, 5.74) is 2.29. The summed E-state index contributed by atoms with van der Waals surface area (Å²) < 4.78 is 10.6. The lowest BCUT2D eigenvalue weighted by atomic mass is 10.1. The zero-order valence-corrected chi connectivity index (χ0v) is 17.1. The molecule has 3 aromatic carbocycles. The van der Waals surface area contributed by atoms with Gasteiger partial charge in [0, 0.05) is 11.3 Å². The Bertz CT molecular complexity index is 1160. The van der Waals surface area contributed by atoms with Gasteiger partial charge >= 0.3 is 5.97 Å². The summed E-state index contributed by atoms with van der Waals surface area (Å²) in [6.45, 7) is 1.94. The lowest BCUT2D eigenvalue weighted by Gasteiger charge is -2.09. The Morgan fingerprint density at radius 3 is 2.29 bits per heavy atom. The van der Waals surface area contributed by atoms with Gasteiger partial charge in [-0.1, -0.05) is 35.9 Å². The number of carbonyl (C=O) groups is 2. The zero-order chi connectivity index (χ0) is 22.2. The third-order valence-electron chi connectivity index (χ3n) is 4.42. The molecular formula is C25H20N2O4. The maximum atomic E-state index is 12.5. The number of carbonyl (C=O) groups excluding carboxylic acids is 2. The molecule has 0 fully saturated rings. The Hall–Kier alpha value is -4.37. The van der Waals surface area contributed by atoms with Crippen molar-refractivity contribution < 1.29 is 19.1 Å². The summed E-state index contributed by atoms with van der Waals surface area (Å²) in [6.07, 6.45) is 1.39. The van der Waals surface area contributed by atoms with E-state index < -0.39 is 11.9 Å². The molecule has 0 spiro atoms. The molecule has 31 heavy (non-hydrogen) atoms. The van der Waals surface area contributed by atoms with Crippen molar-refractivity contribution in [2.45, 2.75) is 6.92 Å². The second-order valence-corrected chi connectivity index (χ2v) is 6.65. The third kappa shape index (κ3) is 5.58. The minimum atomic E-state index is -0.564. The molecule has 0 aliphatic heterocycles. The molecule has 0 aliphatic carbocycles. The van der Waals surface area contributed by atoms with Crippen LogP contribution in [0.25, 0.3) is 6.08 Å². The molecule has 1 N–H and O–H groups in total. The van der Waals surface area contributed by atoms with Gasteiger partial charge in [0.2, 0.25) is 0 Å². The van der Waals surface area contributed by atoms with Gasteiger partial charge in [0.05, 0.1) is 12.7 Å². The summed E-state index contributed by atoms with van der Waals surface area (Å²) in [5, 5.41) is 12.2. The van der Waals surface area contributed by atoms with Gasteiger partial charge in [0.1, 0.15) is 23.1 Å². The highest BCUT2D eigenvalue weighted by Crippen LogP contribution is 2.23. The number of nitrogens with one attached hydrogen (secondary N) is 1. The Balaban J connectivity index is 1.80. The second kappa shape index (κ2) is 9.90. The van der Waals surface area contributed by atoms with Gasteiger partial charge in [-0.25, -0.2) is 4.79 Å². The molecule has 0 aromatic heterocycles. The monoisotopic (exact) mass is 412 g/mol. The van der Waals surface area contributed by atoms with Crippen LogP contribution in [0.2, 0.25) is 0 Å². The van der Waals surface area contributed by atoms with Crippen LogP contribution in [-0.4, -0.2) is 19.0 Å². The molecule has 6 heteroatoms. The molecular weight excluding hydrogens is 392 g/mol. The first-order valence-electron chi connectivity index (χ1n) is 9.45. The van der Waals surface area contributed by atoms with Crippen LogP contribution in [0.1, 0.15) is 21.5 Å². The minimum absolute atomic E-state index is 0.117. The van der Waals surface area contributed by atoms with E-state index in [1.165, 1.54) is 13.2 Å². The molecule has 6 nitrogen and oxygen atoms in total. The SMILES string of the molecule is COc1ccc(C(=O)Oc2ccccc2/C=C(\C#N)C(=O)Nc2ccc(C)cc2)cc1. The van der Waals surface area contributed by atoms with E-state index in [1.807, 2.05) is 25.1 Å². The molecule has 3 rings (SSSR count). The van der Waals surface area contributed by atoms with E-state index in [4.69, 9.17) is 9.47 Å². The highest BCUT2D eigenvalue weighted by molar-refractivity contribution is 6.10. The lowest BCUT2D eigenvalue weighted by molar-refractivity contribution is -0.112. The first kappa shape index (κ1) is 21.3. The molecule has 0 saturated carbocycles. The van der Waals surface area contributed by atoms with Gasteiger partial charge < -0.3 is 14.8 Å². The molecule has 154 valence electrons. The third-order valence-corrected chi connectivity index (χ3v) is 4.42. The lowest BCUT2D eigenvalue weighted by Crippen LogP contribution is -2.13. The fourth-order valence-electron chi connectivity index (χ4n) is 2.72. The molecule has 0 atom stereocenters. The van der Waals surface area contributed by atoms with E-state index in [0.717, 1.165) is 5.56 Å². The number of nitriles is 1. The zero-order valence-electron chi connectivity index (χ0n) is 17.1. The van der Waals surface area contributed by atoms with E-state index in [1.54, 1.807) is 60.7 Å². The summed E-state index contributed by atoms with van der Waals surface area (Å²) >= 11 is 0. The Kier molecular flexibility index (Phi) is 6.82. The van der Waals surface area contributed by atoms with Crippen molar-refractivity contribution in [2.24, 2.45) is 0 Å². The first-order chi connectivity index (χ1) is 15.0. The molecule has 3 aromatic rings. The number of benzene rings is 3. The smallest absolute Gasteiger partial charge is 0.343 e. The topological polar surface area (TPSA) is 88.4 Å². The van der Waals surface area contributed by atoms with Crippen molar-refractivity contribution in [2.75, 3.05) is 12.4 Å². The largest absolute Gasteiger partial charge is 0.497 e. The van der Waals surface area contributed by atoms with Crippen molar-refractivity contribution in [1.29, 1.82) is 5.26 Å². The normalized spacial score (nSPS) is 10.7. The average molecular weight is 412 g/mol. The molecule has 0 aliphatic rings. The highest BCUT2D eigenvalue weighted by Gasteiger charge is 2.14. The number of nitrogens with zero attached hydrogens (tertiary/aromatic N) is 1. The van der Waals surface area contributed by atoms with E-state index >= 15 is 0 Å². The number of hydrogen-bond donors (Lipinski definition) is 1. The molecule has 0 saturated heterocycles. The number of aryl methyl sites for hydroxylation is 1. The van der Waals surface area contributed by atoms with Gasteiger partial charge in [0.15, 0.2) is 0 Å². The van der Waals surface area contributed by atoms with Crippen molar-refractivity contribution in [3.63, 3.8) is 0 Å². The van der Waals surface area contributed by atoms with E-state index in [2.05, 4.69) is 5.32 Å². The number of hydrogen-bond acceptors (Lipinski definition) is 5. The number of amides is 1. The second-order valence-electron chi connectivity index (χ2n) is 6.65. The van der Waals surface area contributed by atoms with Crippen molar-refractivity contribution in [1.82, 2.24) is 0 Å². The number of ether oxygens (including phenoxy) is 2. The molecule has 0 unspecified atom stereocenters. The van der Waals surface area contributed by atoms with E-state index in [9.17, 15) is 14.9 Å². The Morgan fingerprint density at radius 2 is 1.65 bits per heavy atom. The molecule has 0 bridgehead atoms. The van der Waals surface area contributed by atoms with Crippen LogP contribution in [0.3, 0.4) is 0 Å². The van der Waals surface area contributed by atoms with Crippen molar-refractivity contribution in [3.05, 3.63) is 95.1 Å². The predicted molar refractivity (Wildman–Crippen MR) is 118 cm³/mol. The number of rotatable bonds is 6. The number of para-hydroxylation sites is 1. The summed E-state index contributed by atoms with van der Waals surface area (Å²) in [7, 11) is 1.54. The van der Waals surface area contributed by atoms with Crippen LogP contribution in [0, 0.1) is 18.3 Å². The summed E-state index contributed by atoms with van der Waals surface area (Å²) in [6, 6.07) is 22.3. The fraction of sp³-hybridized carbons (Fsp3) is 0.0800. The standard InChI is InChI=1S/C25H20N2O4/c1-17-7-11-21(12-8-17)27-24(28)20(16-26)15-19-5-3-4-6-23(19)31-25(29)18-9-13-22(30-2)14-10-18/h3-15H,1-2H3,(H,27,28)/b20-15+. The van der Waals surface area contributed by atoms with E-state index in [-0.39, 0.29) is 11.3 Å². The Labute approximate surface area is 180 Å². The first-order valence-corrected chi connectivity index (χ1v) is 9.45. The van der Waals surface area contributed by atoms with Gasteiger partial charge in [-0.05, 0) is 55.5 Å². The number of anilines is 1. The average Bonchev–Trinajstić information content (AvgIpc) is 2.80. The van der Waals surface area contributed by atoms with Crippen molar-refractivity contribution in [3.8, 4) is 17.6 Å². The maximum absolute atomic E-state index is 12.5. The summed E-state index contributed by atoms with van der Waals surface area (Å²) in [5.74, 6) is -0.258. The Morgan fingerprint density at radius 1 is 0.968 bits per heavy atom. The van der Waals surface area contributed by atoms with Crippen LogP contribution >= 0.6 is 0 Å². The number of methoxy groups -OCH3 is 1. The quantitative estimate of drug-likeness (QED) is 0.273. The predicted octanol–water partition coefficient (Wildman–Crippen LogP) is 4.77. The highest BCUT2D eigenvalue weighted by atomic mass is 16.5. The number of esters is 1. The maximum Gasteiger partial charge on any atom is 0.343 e. The summed E-state index contributed by atoms with van der Waals surface area (Å²) in [4.78, 5) is 25.0. The van der Waals surface area contributed by atoms with Gasteiger partial charge in [-0.15, -0.1) is 0 Å². The van der Waals surface area contributed by atoms with Crippen LogP contribution < -0.4 is 14.8 Å². The van der Waals surface area contributed by atoms with Crippen LogP contribution in [0.15, 0.2) is 78.4 Å². The van der Waals surface area contributed by atoms with Gasteiger partial charge in [0.25, 0.3) is 5.91 Å². The molecule has 1 amide bonds. The fourth-order valence-corrected chi connectivity index (χ4v) is 2.72. The molecule has 0 heterocycles. The van der Waals surface area contributed by atoms with Gasteiger partial charge in [-0.3, -0.25) is 4.79 Å². The minimum Gasteiger partial charge on any atom is -0.497 e. The van der Waals surface area contributed by atoms with Crippen LogP contribution in [0.4, 0.5) is 5.69 Å². The van der Waals surface area contributed by atoms with Crippen molar-refractivity contribution >= 4 is 23.6 Å².